The molecule has 0 fully saturated rings. The second-order valence-corrected chi connectivity index (χ2v) is 3.46. The quantitative estimate of drug-likeness (QED) is 0.772. The maximum absolute atomic E-state index is 3.70. The van der Waals surface area contributed by atoms with Crippen molar-refractivity contribution in [1.29, 1.82) is 0 Å². The van der Waals surface area contributed by atoms with Gasteiger partial charge in [0.25, 0.3) is 0 Å². The summed E-state index contributed by atoms with van der Waals surface area (Å²) in [4.78, 5) is 0. The molecular formula is C14H19NO. The largest absolute Gasteiger partial charge is 0.412 e. The Morgan fingerprint density at radius 2 is 1.75 bits per heavy atom. The number of hydrogen-bond acceptors (Lipinski definition) is 1. The first-order chi connectivity index (χ1) is 7.22. The van der Waals surface area contributed by atoms with Gasteiger partial charge in [-0.1, -0.05) is 42.5 Å². The Balaban J connectivity index is 0.00000225. The number of benzene rings is 1. The second kappa shape index (κ2) is 7.49. The van der Waals surface area contributed by atoms with Crippen molar-refractivity contribution in [2.45, 2.75) is 13.8 Å². The monoisotopic (exact) mass is 217 g/mol. The van der Waals surface area contributed by atoms with Crippen molar-refractivity contribution in [1.82, 2.24) is 0 Å². The number of rotatable bonds is 4. The highest BCUT2D eigenvalue weighted by molar-refractivity contribution is 5.48. The summed E-state index contributed by atoms with van der Waals surface area (Å²) in [6.45, 7) is 7.77. The number of para-hydroxylation sites is 1. The van der Waals surface area contributed by atoms with Crippen LogP contribution in [0.2, 0.25) is 0 Å². The van der Waals surface area contributed by atoms with E-state index < -0.39 is 0 Å². The van der Waals surface area contributed by atoms with Gasteiger partial charge in [0.2, 0.25) is 0 Å². The van der Waals surface area contributed by atoms with Crippen molar-refractivity contribution < 1.29 is 5.48 Å². The molecule has 1 rings (SSSR count). The Kier molecular flexibility index (Phi) is 6.64. The van der Waals surface area contributed by atoms with Gasteiger partial charge < -0.3 is 10.8 Å². The lowest BCUT2D eigenvalue weighted by molar-refractivity contribution is 0.824. The van der Waals surface area contributed by atoms with E-state index in [0.29, 0.717) is 0 Å². The van der Waals surface area contributed by atoms with Gasteiger partial charge in [-0.15, -0.1) is 0 Å². The molecule has 2 heteroatoms. The lowest BCUT2D eigenvalue weighted by Gasteiger charge is -2.04. The molecule has 0 aliphatic heterocycles. The minimum Gasteiger partial charge on any atom is -0.412 e. The molecule has 0 bridgehead atoms. The van der Waals surface area contributed by atoms with E-state index in [-0.39, 0.29) is 5.48 Å². The summed E-state index contributed by atoms with van der Waals surface area (Å²) in [5, 5.41) is 3.30. The summed E-state index contributed by atoms with van der Waals surface area (Å²) < 4.78 is 0. The van der Waals surface area contributed by atoms with Crippen LogP contribution in [0.3, 0.4) is 0 Å². The van der Waals surface area contributed by atoms with Crippen LogP contribution in [0.15, 0.2) is 66.4 Å². The highest BCUT2D eigenvalue weighted by atomic mass is 16.0. The average molecular weight is 217 g/mol. The fourth-order valence-corrected chi connectivity index (χ4v) is 1.12. The zero-order chi connectivity index (χ0) is 11.1. The average Bonchev–Trinajstić information content (AvgIpc) is 2.27. The van der Waals surface area contributed by atoms with Crippen molar-refractivity contribution in [2.24, 2.45) is 0 Å². The normalized spacial score (nSPS) is 11.6. The fraction of sp³-hybridized carbons (Fsp3) is 0.143. The molecule has 0 atom stereocenters. The van der Waals surface area contributed by atoms with Crippen molar-refractivity contribution >= 4 is 5.69 Å². The molecule has 0 aromatic heterocycles. The topological polar surface area (TPSA) is 43.5 Å². The summed E-state index contributed by atoms with van der Waals surface area (Å²) in [7, 11) is 0. The molecule has 86 valence electrons. The SMILES string of the molecule is C=C/C(C)=C/C=C(\C)Nc1ccccc1.O. The fourth-order valence-electron chi connectivity index (χ4n) is 1.12. The molecule has 0 heterocycles. The van der Waals surface area contributed by atoms with E-state index in [4.69, 9.17) is 0 Å². The van der Waals surface area contributed by atoms with Gasteiger partial charge in [-0.25, -0.2) is 0 Å². The summed E-state index contributed by atoms with van der Waals surface area (Å²) in [6, 6.07) is 10.1. The summed E-state index contributed by atoms with van der Waals surface area (Å²) in [6.07, 6.45) is 5.93. The molecule has 0 aliphatic rings. The number of anilines is 1. The van der Waals surface area contributed by atoms with E-state index >= 15 is 0 Å². The van der Waals surface area contributed by atoms with Crippen molar-refractivity contribution in [3.8, 4) is 0 Å². The minimum absolute atomic E-state index is 0. The van der Waals surface area contributed by atoms with Gasteiger partial charge in [-0.2, -0.15) is 0 Å². The second-order valence-electron chi connectivity index (χ2n) is 3.46. The maximum atomic E-state index is 3.70. The van der Waals surface area contributed by atoms with Crippen LogP contribution < -0.4 is 5.32 Å². The third-order valence-electron chi connectivity index (χ3n) is 2.03. The van der Waals surface area contributed by atoms with Crippen LogP contribution in [-0.2, 0) is 0 Å². The Bertz CT molecular complexity index is 377. The van der Waals surface area contributed by atoms with Crippen molar-refractivity contribution in [3.05, 3.63) is 66.4 Å². The Hall–Kier alpha value is -1.80. The summed E-state index contributed by atoms with van der Waals surface area (Å²) in [5.41, 5.74) is 3.38. The predicted octanol–water partition coefficient (Wildman–Crippen LogP) is 3.31. The minimum atomic E-state index is 0. The highest BCUT2D eigenvalue weighted by Gasteiger charge is 1.89. The number of allylic oxidation sites excluding steroid dienone is 5. The Labute approximate surface area is 97.3 Å². The van der Waals surface area contributed by atoms with E-state index in [9.17, 15) is 0 Å². The van der Waals surface area contributed by atoms with E-state index in [0.717, 1.165) is 17.0 Å². The Morgan fingerprint density at radius 1 is 1.12 bits per heavy atom. The third kappa shape index (κ3) is 5.17. The third-order valence-corrected chi connectivity index (χ3v) is 2.03. The van der Waals surface area contributed by atoms with E-state index in [1.165, 1.54) is 0 Å². The molecule has 1 aromatic rings. The van der Waals surface area contributed by atoms with Crippen molar-refractivity contribution in [3.63, 3.8) is 0 Å². The van der Waals surface area contributed by atoms with Gasteiger partial charge in [0.05, 0.1) is 0 Å². The first-order valence-corrected chi connectivity index (χ1v) is 5.02. The van der Waals surface area contributed by atoms with Crippen LogP contribution in [-0.4, -0.2) is 5.48 Å². The smallest absolute Gasteiger partial charge is 0.0381 e. The van der Waals surface area contributed by atoms with Crippen LogP contribution in [0.5, 0.6) is 0 Å². The zero-order valence-corrected chi connectivity index (χ0v) is 9.83. The van der Waals surface area contributed by atoms with Gasteiger partial charge in [0.15, 0.2) is 0 Å². The molecule has 1 aromatic carbocycles. The molecule has 0 spiro atoms. The summed E-state index contributed by atoms with van der Waals surface area (Å²) in [5.74, 6) is 0. The summed E-state index contributed by atoms with van der Waals surface area (Å²) >= 11 is 0. The zero-order valence-electron chi connectivity index (χ0n) is 9.83. The van der Waals surface area contributed by atoms with E-state index in [1.807, 2.05) is 62.4 Å². The van der Waals surface area contributed by atoms with Gasteiger partial charge in [-0.3, -0.25) is 0 Å². The van der Waals surface area contributed by atoms with Gasteiger partial charge in [0.1, 0.15) is 0 Å². The van der Waals surface area contributed by atoms with Crippen LogP contribution in [0, 0.1) is 0 Å². The van der Waals surface area contributed by atoms with Crippen LogP contribution >= 0.6 is 0 Å². The lowest BCUT2D eigenvalue weighted by atomic mass is 10.2. The highest BCUT2D eigenvalue weighted by Crippen LogP contribution is 2.08. The van der Waals surface area contributed by atoms with Gasteiger partial charge >= 0.3 is 0 Å². The number of nitrogens with one attached hydrogen (secondary N) is 1. The van der Waals surface area contributed by atoms with E-state index in [2.05, 4.69) is 11.9 Å². The molecule has 0 radical (unpaired) electrons. The molecule has 0 saturated carbocycles. The predicted molar refractivity (Wildman–Crippen MR) is 71.4 cm³/mol. The molecule has 0 saturated heterocycles. The Morgan fingerprint density at radius 3 is 2.31 bits per heavy atom. The van der Waals surface area contributed by atoms with Crippen LogP contribution in [0.1, 0.15) is 13.8 Å². The molecular weight excluding hydrogens is 198 g/mol. The maximum Gasteiger partial charge on any atom is 0.0381 e. The van der Waals surface area contributed by atoms with Crippen LogP contribution in [0.4, 0.5) is 5.69 Å². The first-order valence-electron chi connectivity index (χ1n) is 5.02. The standard InChI is InChI=1S/C14H17N.H2O/c1-4-12(2)10-11-13(3)15-14-8-6-5-7-9-14;/h4-11,15H,1H2,2-3H3;1H2/b12-10+,13-11+;. The van der Waals surface area contributed by atoms with E-state index in [1.54, 1.807) is 0 Å². The number of hydrogen-bond donors (Lipinski definition) is 1. The van der Waals surface area contributed by atoms with Crippen molar-refractivity contribution in [2.75, 3.05) is 5.32 Å². The molecule has 2 nitrogen and oxygen atoms in total. The van der Waals surface area contributed by atoms with Gasteiger partial charge in [0, 0.05) is 11.4 Å². The molecule has 0 unspecified atom stereocenters. The van der Waals surface area contributed by atoms with Gasteiger partial charge in [-0.05, 0) is 32.1 Å². The lowest BCUT2D eigenvalue weighted by Crippen LogP contribution is -1.94. The molecule has 0 aliphatic carbocycles. The molecule has 0 amide bonds. The molecule has 16 heavy (non-hydrogen) atoms. The molecule has 3 N–H and O–H groups in total. The first kappa shape index (κ1) is 14.2. The van der Waals surface area contributed by atoms with Crippen LogP contribution in [0.25, 0.3) is 0 Å².